The number of likely N-dealkylation sites (tertiary alicyclic amines) is 2. The number of hydrogen-bond acceptors (Lipinski definition) is 2. The summed E-state index contributed by atoms with van der Waals surface area (Å²) in [7, 11) is 0. The molecule has 2 aliphatic heterocycles. The Hall–Kier alpha value is -1.26. The molecule has 1 atom stereocenters. The standard InChI is InChI=1S/C15H27N3O2/c1-15(2,3)18-11-12(10-13(18)19)16-14(20)17-8-6-4-5-7-9-17/h12H,4-11H2,1-3H3,(H,16,20). The van der Waals surface area contributed by atoms with E-state index in [1.54, 1.807) is 0 Å². The van der Waals surface area contributed by atoms with E-state index in [9.17, 15) is 9.59 Å². The van der Waals surface area contributed by atoms with Crippen LogP contribution in [0.1, 0.15) is 52.9 Å². The molecule has 3 amide bonds. The van der Waals surface area contributed by atoms with Gasteiger partial charge in [0, 0.05) is 31.6 Å². The molecule has 0 aromatic heterocycles. The highest BCUT2D eigenvalue weighted by Crippen LogP contribution is 2.22. The van der Waals surface area contributed by atoms with Crippen LogP contribution in [-0.4, -0.2) is 53.0 Å². The van der Waals surface area contributed by atoms with E-state index in [2.05, 4.69) is 5.32 Å². The van der Waals surface area contributed by atoms with Crippen LogP contribution in [0.25, 0.3) is 0 Å². The molecule has 1 N–H and O–H groups in total. The van der Waals surface area contributed by atoms with Crippen molar-refractivity contribution in [2.75, 3.05) is 19.6 Å². The van der Waals surface area contributed by atoms with Crippen LogP contribution in [-0.2, 0) is 4.79 Å². The summed E-state index contributed by atoms with van der Waals surface area (Å²) < 4.78 is 0. The smallest absolute Gasteiger partial charge is 0.317 e. The second kappa shape index (κ2) is 6.02. The van der Waals surface area contributed by atoms with Crippen molar-refractivity contribution in [3.05, 3.63) is 0 Å². The van der Waals surface area contributed by atoms with Gasteiger partial charge in [0.2, 0.25) is 5.91 Å². The van der Waals surface area contributed by atoms with Gasteiger partial charge in [-0.05, 0) is 33.6 Å². The maximum Gasteiger partial charge on any atom is 0.317 e. The molecule has 114 valence electrons. The van der Waals surface area contributed by atoms with Crippen molar-refractivity contribution >= 4 is 11.9 Å². The average molecular weight is 281 g/mol. The number of nitrogens with one attached hydrogen (secondary N) is 1. The van der Waals surface area contributed by atoms with E-state index < -0.39 is 0 Å². The minimum Gasteiger partial charge on any atom is -0.336 e. The molecular formula is C15H27N3O2. The van der Waals surface area contributed by atoms with E-state index in [1.807, 2.05) is 30.6 Å². The maximum atomic E-state index is 12.3. The molecule has 0 radical (unpaired) electrons. The van der Waals surface area contributed by atoms with Gasteiger partial charge >= 0.3 is 6.03 Å². The quantitative estimate of drug-likeness (QED) is 0.799. The molecule has 2 saturated heterocycles. The Morgan fingerprint density at radius 1 is 1.15 bits per heavy atom. The summed E-state index contributed by atoms with van der Waals surface area (Å²) in [6.45, 7) is 8.41. The van der Waals surface area contributed by atoms with E-state index in [0.29, 0.717) is 13.0 Å². The van der Waals surface area contributed by atoms with Crippen LogP contribution in [0, 0.1) is 0 Å². The first kappa shape index (κ1) is 15.1. The molecule has 0 bridgehead atoms. The summed E-state index contributed by atoms with van der Waals surface area (Å²) in [5.74, 6) is 0.138. The van der Waals surface area contributed by atoms with Crippen molar-refractivity contribution in [1.29, 1.82) is 0 Å². The third kappa shape index (κ3) is 3.64. The summed E-state index contributed by atoms with van der Waals surface area (Å²) >= 11 is 0. The molecule has 5 nitrogen and oxygen atoms in total. The fourth-order valence-electron chi connectivity index (χ4n) is 2.99. The highest BCUT2D eigenvalue weighted by atomic mass is 16.2. The van der Waals surface area contributed by atoms with Crippen LogP contribution in [0.4, 0.5) is 4.79 Å². The van der Waals surface area contributed by atoms with Crippen molar-refractivity contribution < 1.29 is 9.59 Å². The Balaban J connectivity index is 1.87. The maximum absolute atomic E-state index is 12.3. The highest BCUT2D eigenvalue weighted by Gasteiger charge is 2.37. The predicted octanol–water partition coefficient (Wildman–Crippen LogP) is 1.97. The molecule has 2 aliphatic rings. The second-order valence-corrected chi connectivity index (χ2v) is 6.93. The minimum atomic E-state index is -0.167. The molecule has 2 fully saturated rings. The normalized spacial score (nSPS) is 24.8. The van der Waals surface area contributed by atoms with Crippen molar-refractivity contribution in [1.82, 2.24) is 15.1 Å². The van der Waals surface area contributed by atoms with Gasteiger partial charge in [0.05, 0.1) is 6.04 Å². The molecule has 20 heavy (non-hydrogen) atoms. The van der Waals surface area contributed by atoms with Gasteiger partial charge in [0.25, 0.3) is 0 Å². The lowest BCUT2D eigenvalue weighted by molar-refractivity contribution is -0.131. The largest absolute Gasteiger partial charge is 0.336 e. The highest BCUT2D eigenvalue weighted by molar-refractivity contribution is 5.82. The SMILES string of the molecule is CC(C)(C)N1CC(NC(=O)N2CCCCCC2)CC1=O. The van der Waals surface area contributed by atoms with Crippen LogP contribution in [0.5, 0.6) is 0 Å². The number of nitrogens with zero attached hydrogens (tertiary/aromatic N) is 2. The van der Waals surface area contributed by atoms with Crippen molar-refractivity contribution in [3.8, 4) is 0 Å². The number of rotatable bonds is 1. The van der Waals surface area contributed by atoms with E-state index in [4.69, 9.17) is 0 Å². The van der Waals surface area contributed by atoms with Gasteiger partial charge in [-0.15, -0.1) is 0 Å². The van der Waals surface area contributed by atoms with Crippen LogP contribution in [0.2, 0.25) is 0 Å². The molecule has 2 heterocycles. The van der Waals surface area contributed by atoms with Crippen molar-refractivity contribution in [3.63, 3.8) is 0 Å². The third-order valence-corrected chi connectivity index (χ3v) is 4.16. The number of hydrogen-bond donors (Lipinski definition) is 1. The average Bonchev–Trinajstić information content (AvgIpc) is 2.59. The van der Waals surface area contributed by atoms with Crippen LogP contribution in [0.15, 0.2) is 0 Å². The predicted molar refractivity (Wildman–Crippen MR) is 78.4 cm³/mol. The van der Waals surface area contributed by atoms with E-state index >= 15 is 0 Å². The molecule has 0 aliphatic carbocycles. The Kier molecular flexibility index (Phi) is 4.55. The lowest BCUT2D eigenvalue weighted by atomic mass is 10.1. The molecule has 0 aromatic carbocycles. The van der Waals surface area contributed by atoms with Gasteiger partial charge in [0.15, 0.2) is 0 Å². The van der Waals surface area contributed by atoms with Crippen LogP contribution >= 0.6 is 0 Å². The van der Waals surface area contributed by atoms with Crippen LogP contribution < -0.4 is 5.32 Å². The number of urea groups is 1. The summed E-state index contributed by atoms with van der Waals surface area (Å²) in [5, 5.41) is 3.03. The number of carbonyl (C=O) groups excluding carboxylic acids is 2. The van der Waals surface area contributed by atoms with Crippen molar-refractivity contribution in [2.45, 2.75) is 64.5 Å². The summed E-state index contributed by atoms with van der Waals surface area (Å²) in [4.78, 5) is 28.0. The van der Waals surface area contributed by atoms with Crippen molar-refractivity contribution in [2.24, 2.45) is 0 Å². The minimum absolute atomic E-state index is 0.000425. The molecule has 0 aromatic rings. The van der Waals surface area contributed by atoms with E-state index in [1.165, 1.54) is 12.8 Å². The monoisotopic (exact) mass is 281 g/mol. The lowest BCUT2D eigenvalue weighted by Crippen LogP contribution is -2.48. The van der Waals surface area contributed by atoms with Gasteiger partial charge in [-0.25, -0.2) is 4.79 Å². The Bertz CT molecular complexity index is 368. The first-order chi connectivity index (χ1) is 9.38. The first-order valence-corrected chi connectivity index (χ1v) is 7.74. The molecule has 0 saturated carbocycles. The number of amides is 3. The molecule has 1 unspecified atom stereocenters. The zero-order valence-corrected chi connectivity index (χ0v) is 12.9. The Morgan fingerprint density at radius 2 is 1.75 bits per heavy atom. The fraction of sp³-hybridized carbons (Fsp3) is 0.867. The van der Waals surface area contributed by atoms with Gasteiger partial charge in [-0.3, -0.25) is 4.79 Å². The Labute approximate surface area is 121 Å². The molecule has 0 spiro atoms. The second-order valence-electron chi connectivity index (χ2n) is 6.93. The van der Waals surface area contributed by atoms with Gasteiger partial charge < -0.3 is 15.1 Å². The third-order valence-electron chi connectivity index (χ3n) is 4.16. The lowest BCUT2D eigenvalue weighted by Gasteiger charge is -2.32. The van der Waals surface area contributed by atoms with Gasteiger partial charge in [0.1, 0.15) is 0 Å². The zero-order valence-electron chi connectivity index (χ0n) is 12.9. The molecule has 2 rings (SSSR count). The number of carbonyl (C=O) groups is 2. The first-order valence-electron chi connectivity index (χ1n) is 7.74. The van der Waals surface area contributed by atoms with Gasteiger partial charge in [-0.2, -0.15) is 0 Å². The molecule has 5 heteroatoms. The Morgan fingerprint density at radius 3 is 2.25 bits per heavy atom. The topological polar surface area (TPSA) is 52.7 Å². The summed E-state index contributed by atoms with van der Waals surface area (Å²) in [6, 6.07) is -0.0436. The van der Waals surface area contributed by atoms with Gasteiger partial charge in [-0.1, -0.05) is 12.8 Å². The fourth-order valence-corrected chi connectivity index (χ4v) is 2.99. The summed E-state index contributed by atoms with van der Waals surface area (Å²) in [5.41, 5.74) is -0.167. The van der Waals surface area contributed by atoms with E-state index in [0.717, 1.165) is 25.9 Å². The summed E-state index contributed by atoms with van der Waals surface area (Å²) in [6.07, 6.45) is 5.03. The van der Waals surface area contributed by atoms with E-state index in [-0.39, 0.29) is 23.5 Å². The zero-order chi connectivity index (χ0) is 14.8. The van der Waals surface area contributed by atoms with Crippen LogP contribution in [0.3, 0.4) is 0 Å². The molecular weight excluding hydrogens is 254 g/mol.